The van der Waals surface area contributed by atoms with Crippen LogP contribution in [0.4, 0.5) is 0 Å². The Bertz CT molecular complexity index is 647. The van der Waals surface area contributed by atoms with Crippen LogP contribution in [0.2, 0.25) is 0 Å². The molecule has 0 radical (unpaired) electrons. The van der Waals surface area contributed by atoms with Crippen molar-refractivity contribution < 1.29 is 34.2 Å². The predicted octanol–water partition coefficient (Wildman–Crippen LogP) is -2.48. The molecule has 178 valence electrons. The molecule has 0 fully saturated rings. The van der Waals surface area contributed by atoms with Gasteiger partial charge < -0.3 is 37.6 Å². The molecule has 0 saturated carbocycles. The summed E-state index contributed by atoms with van der Waals surface area (Å²) < 4.78 is 0. The molecule has 0 heterocycles. The summed E-state index contributed by atoms with van der Waals surface area (Å²) in [7, 11) is 0. The number of thioether (sulfide) groups is 1. The molecule has 4 unspecified atom stereocenters. The number of carboxylic acids is 1. The van der Waals surface area contributed by atoms with Gasteiger partial charge in [-0.15, -0.1) is 0 Å². The number of carboxylic acid groups (broad SMARTS) is 1. The smallest absolute Gasteiger partial charge is 0.326 e. The van der Waals surface area contributed by atoms with Crippen LogP contribution in [0.1, 0.15) is 33.1 Å². The number of amides is 4. The molecular formula is C18H33N5O7S. The molecule has 0 bridgehead atoms. The molecule has 0 aliphatic heterocycles. The third-order valence-corrected chi connectivity index (χ3v) is 4.79. The number of nitrogens with one attached hydrogen (secondary N) is 3. The number of aliphatic hydroxyl groups excluding tert-OH is 1. The fourth-order valence-corrected chi connectivity index (χ4v) is 3.01. The molecule has 0 spiro atoms. The van der Waals surface area contributed by atoms with E-state index in [0.717, 1.165) is 0 Å². The molecule has 13 heteroatoms. The van der Waals surface area contributed by atoms with Gasteiger partial charge in [0.05, 0.1) is 19.1 Å². The van der Waals surface area contributed by atoms with E-state index in [0.29, 0.717) is 12.2 Å². The molecule has 0 aliphatic rings. The Balaban J connectivity index is 5.23. The van der Waals surface area contributed by atoms with Gasteiger partial charge in [0.15, 0.2) is 0 Å². The second-order valence-corrected chi connectivity index (χ2v) is 8.38. The standard InChI is InChI=1S/C18H33N5O7S/c1-9(2)6-10(19)15(26)23-13(8-24)17(28)22-12(7-14(20)25)16(27)21-11(18(29)30)4-5-31-3/h9-13,24H,4-8,19H2,1-3H3,(H2,20,25)(H,21,27)(H,22,28)(H,23,26)(H,29,30). The summed E-state index contributed by atoms with van der Waals surface area (Å²) in [4.78, 5) is 59.7. The van der Waals surface area contributed by atoms with Gasteiger partial charge in [0, 0.05) is 0 Å². The van der Waals surface area contributed by atoms with Gasteiger partial charge in [0.2, 0.25) is 23.6 Å². The number of rotatable bonds is 15. The van der Waals surface area contributed by atoms with Crippen molar-refractivity contribution in [3.8, 4) is 0 Å². The second-order valence-electron chi connectivity index (χ2n) is 7.39. The first-order valence-corrected chi connectivity index (χ1v) is 11.1. The first kappa shape index (κ1) is 28.6. The van der Waals surface area contributed by atoms with Crippen LogP contribution in [0.3, 0.4) is 0 Å². The van der Waals surface area contributed by atoms with Gasteiger partial charge in [-0.05, 0) is 30.8 Å². The van der Waals surface area contributed by atoms with E-state index >= 15 is 0 Å². The van der Waals surface area contributed by atoms with Gasteiger partial charge >= 0.3 is 5.97 Å². The van der Waals surface area contributed by atoms with Crippen molar-refractivity contribution in [1.82, 2.24) is 16.0 Å². The SMILES string of the molecule is CSCCC(NC(=O)C(CC(N)=O)NC(=O)C(CO)NC(=O)C(N)CC(C)C)C(=O)O. The third-order valence-electron chi connectivity index (χ3n) is 4.14. The highest BCUT2D eigenvalue weighted by molar-refractivity contribution is 7.98. The van der Waals surface area contributed by atoms with Gasteiger partial charge in [-0.3, -0.25) is 19.2 Å². The molecule has 0 saturated heterocycles. The van der Waals surface area contributed by atoms with E-state index in [-0.39, 0.29) is 12.3 Å². The van der Waals surface area contributed by atoms with Crippen LogP contribution in [0, 0.1) is 5.92 Å². The summed E-state index contributed by atoms with van der Waals surface area (Å²) in [5.74, 6) is -4.16. The van der Waals surface area contributed by atoms with E-state index in [1.807, 2.05) is 13.8 Å². The van der Waals surface area contributed by atoms with Crippen LogP contribution in [0.15, 0.2) is 0 Å². The number of aliphatic carboxylic acids is 1. The molecule has 9 N–H and O–H groups in total. The number of primary amides is 1. The number of hydrogen-bond donors (Lipinski definition) is 7. The fraction of sp³-hybridized carbons (Fsp3) is 0.722. The van der Waals surface area contributed by atoms with Crippen molar-refractivity contribution in [2.24, 2.45) is 17.4 Å². The lowest BCUT2D eigenvalue weighted by molar-refractivity contribution is -0.142. The Hall–Kier alpha value is -2.38. The Morgan fingerprint density at radius 3 is 1.90 bits per heavy atom. The maximum atomic E-state index is 12.5. The van der Waals surface area contributed by atoms with Crippen molar-refractivity contribution in [2.75, 3.05) is 18.6 Å². The van der Waals surface area contributed by atoms with Crippen molar-refractivity contribution >= 4 is 41.4 Å². The van der Waals surface area contributed by atoms with Crippen molar-refractivity contribution in [1.29, 1.82) is 0 Å². The topological polar surface area (TPSA) is 214 Å². The molecule has 4 amide bonds. The normalized spacial score (nSPS) is 14.8. The molecule has 12 nitrogen and oxygen atoms in total. The first-order chi connectivity index (χ1) is 14.4. The van der Waals surface area contributed by atoms with E-state index in [2.05, 4.69) is 16.0 Å². The molecule has 0 aliphatic carbocycles. The Labute approximate surface area is 185 Å². The molecule has 0 rings (SSSR count). The highest BCUT2D eigenvalue weighted by Crippen LogP contribution is 2.04. The maximum absolute atomic E-state index is 12.5. The van der Waals surface area contributed by atoms with Crippen LogP contribution in [0.5, 0.6) is 0 Å². The summed E-state index contributed by atoms with van der Waals surface area (Å²) in [6, 6.07) is -5.05. The zero-order valence-corrected chi connectivity index (χ0v) is 18.7. The monoisotopic (exact) mass is 463 g/mol. The summed E-state index contributed by atoms with van der Waals surface area (Å²) in [6.45, 7) is 2.93. The van der Waals surface area contributed by atoms with Crippen LogP contribution in [-0.4, -0.2) is 82.6 Å². The largest absolute Gasteiger partial charge is 0.480 e. The minimum absolute atomic E-state index is 0.124. The van der Waals surface area contributed by atoms with Crippen LogP contribution in [-0.2, 0) is 24.0 Å². The molecular weight excluding hydrogens is 430 g/mol. The van der Waals surface area contributed by atoms with E-state index in [4.69, 9.17) is 11.5 Å². The Kier molecular flexibility index (Phi) is 13.5. The van der Waals surface area contributed by atoms with Crippen LogP contribution >= 0.6 is 11.8 Å². The molecule has 0 aromatic rings. The van der Waals surface area contributed by atoms with E-state index in [9.17, 15) is 34.2 Å². The average Bonchev–Trinajstić information content (AvgIpc) is 2.66. The molecule has 4 atom stereocenters. The lowest BCUT2D eigenvalue weighted by atomic mass is 10.0. The maximum Gasteiger partial charge on any atom is 0.326 e. The number of nitrogens with two attached hydrogens (primary N) is 2. The van der Waals surface area contributed by atoms with Crippen molar-refractivity contribution in [3.63, 3.8) is 0 Å². The third kappa shape index (κ3) is 11.5. The summed E-state index contributed by atoms with van der Waals surface area (Å²) in [5.41, 5.74) is 10.9. The summed E-state index contributed by atoms with van der Waals surface area (Å²) >= 11 is 1.39. The lowest BCUT2D eigenvalue weighted by Crippen LogP contribution is -2.58. The number of aliphatic hydroxyl groups is 1. The predicted molar refractivity (Wildman–Crippen MR) is 115 cm³/mol. The van der Waals surface area contributed by atoms with Gasteiger partial charge in [0.1, 0.15) is 18.1 Å². The Morgan fingerprint density at radius 2 is 1.45 bits per heavy atom. The summed E-state index contributed by atoms with van der Waals surface area (Å²) in [5, 5.41) is 25.5. The average molecular weight is 464 g/mol. The quantitative estimate of drug-likeness (QED) is 0.137. The number of carbonyl (C=O) groups excluding carboxylic acids is 4. The second kappa shape index (κ2) is 14.6. The van der Waals surface area contributed by atoms with Gasteiger partial charge in [-0.1, -0.05) is 13.8 Å². The first-order valence-electron chi connectivity index (χ1n) is 9.70. The summed E-state index contributed by atoms with van der Waals surface area (Å²) in [6.07, 6.45) is 1.64. The lowest BCUT2D eigenvalue weighted by Gasteiger charge is -2.24. The van der Waals surface area contributed by atoms with Gasteiger partial charge in [-0.25, -0.2) is 4.79 Å². The van der Waals surface area contributed by atoms with Crippen molar-refractivity contribution in [3.05, 3.63) is 0 Å². The van der Waals surface area contributed by atoms with E-state index < -0.39 is 66.8 Å². The van der Waals surface area contributed by atoms with E-state index in [1.54, 1.807) is 6.26 Å². The Morgan fingerprint density at radius 1 is 0.935 bits per heavy atom. The van der Waals surface area contributed by atoms with Gasteiger partial charge in [0.25, 0.3) is 0 Å². The zero-order chi connectivity index (χ0) is 24.1. The highest BCUT2D eigenvalue weighted by atomic mass is 32.2. The van der Waals surface area contributed by atoms with E-state index in [1.165, 1.54) is 11.8 Å². The van der Waals surface area contributed by atoms with Gasteiger partial charge in [-0.2, -0.15) is 11.8 Å². The van der Waals surface area contributed by atoms with Crippen molar-refractivity contribution in [2.45, 2.75) is 57.3 Å². The minimum Gasteiger partial charge on any atom is -0.480 e. The highest BCUT2D eigenvalue weighted by Gasteiger charge is 2.31. The van der Waals surface area contributed by atoms with Crippen LogP contribution in [0.25, 0.3) is 0 Å². The molecule has 0 aromatic heterocycles. The zero-order valence-electron chi connectivity index (χ0n) is 17.9. The fourth-order valence-electron chi connectivity index (χ4n) is 2.54. The van der Waals surface area contributed by atoms with Crippen LogP contribution < -0.4 is 27.4 Å². The number of carbonyl (C=O) groups is 5. The minimum atomic E-state index is -1.49. The molecule has 0 aromatic carbocycles. The number of hydrogen-bond acceptors (Lipinski definition) is 8. The molecule has 31 heavy (non-hydrogen) atoms.